The van der Waals surface area contributed by atoms with Gasteiger partial charge in [0, 0.05) is 0 Å². The molecule has 4 aromatic carbocycles. The summed E-state index contributed by atoms with van der Waals surface area (Å²) in [5.41, 5.74) is 5.17. The van der Waals surface area contributed by atoms with E-state index >= 15 is 0 Å². The van der Waals surface area contributed by atoms with E-state index in [2.05, 4.69) is 119 Å². The lowest BCUT2D eigenvalue weighted by Gasteiger charge is -2.32. The summed E-state index contributed by atoms with van der Waals surface area (Å²) in [6.07, 6.45) is 0. The molecule has 0 aliphatic carbocycles. The quantitative estimate of drug-likeness (QED) is 0.363. The summed E-state index contributed by atoms with van der Waals surface area (Å²) in [7, 11) is -0.362. The Morgan fingerprint density at radius 3 is 1.97 bits per heavy atom. The van der Waals surface area contributed by atoms with Crippen molar-refractivity contribution < 1.29 is 9.31 Å². The maximum absolute atomic E-state index is 6.28. The third-order valence-corrected chi connectivity index (χ3v) is 6.69. The average Bonchev–Trinajstić information content (AvgIpc) is 3.00. The third-order valence-electron chi connectivity index (χ3n) is 6.69. The average molecular weight is 406 g/mol. The second-order valence-electron chi connectivity index (χ2n) is 9.32. The summed E-state index contributed by atoms with van der Waals surface area (Å²) < 4.78 is 12.6. The van der Waals surface area contributed by atoms with Crippen molar-refractivity contribution in [3.05, 3.63) is 91.0 Å². The van der Waals surface area contributed by atoms with Crippen LogP contribution in [0.3, 0.4) is 0 Å². The van der Waals surface area contributed by atoms with Crippen molar-refractivity contribution >= 4 is 23.4 Å². The van der Waals surface area contributed by atoms with Gasteiger partial charge < -0.3 is 9.31 Å². The highest BCUT2D eigenvalue weighted by molar-refractivity contribution is 6.62. The Balaban J connectivity index is 1.60. The normalized spacial score (nSPS) is 17.2. The molecular formula is C28H27BO2. The molecule has 0 aromatic heterocycles. The molecule has 5 rings (SSSR count). The molecule has 154 valence electrons. The van der Waals surface area contributed by atoms with Gasteiger partial charge in [-0.3, -0.25) is 0 Å². The summed E-state index contributed by atoms with van der Waals surface area (Å²) in [5.74, 6) is 0. The van der Waals surface area contributed by atoms with Crippen molar-refractivity contribution in [2.45, 2.75) is 38.9 Å². The van der Waals surface area contributed by atoms with Crippen LogP contribution in [0.25, 0.3) is 33.0 Å². The summed E-state index contributed by atoms with van der Waals surface area (Å²) >= 11 is 0. The van der Waals surface area contributed by atoms with Gasteiger partial charge in [0.15, 0.2) is 0 Å². The van der Waals surface area contributed by atoms with E-state index in [-0.39, 0.29) is 18.3 Å². The van der Waals surface area contributed by atoms with Crippen molar-refractivity contribution in [1.82, 2.24) is 0 Å². The Morgan fingerprint density at radius 2 is 1.23 bits per heavy atom. The second kappa shape index (κ2) is 7.37. The molecule has 0 bridgehead atoms. The highest BCUT2D eigenvalue weighted by Crippen LogP contribution is 2.37. The summed E-state index contributed by atoms with van der Waals surface area (Å²) in [6, 6.07) is 32.3. The molecule has 1 aliphatic heterocycles. The monoisotopic (exact) mass is 406 g/mol. The highest BCUT2D eigenvalue weighted by atomic mass is 16.7. The maximum atomic E-state index is 6.28. The van der Waals surface area contributed by atoms with Gasteiger partial charge >= 0.3 is 7.12 Å². The minimum absolute atomic E-state index is 0.350. The zero-order chi connectivity index (χ0) is 21.6. The minimum atomic E-state index is -0.362. The predicted molar refractivity (Wildman–Crippen MR) is 131 cm³/mol. The first-order valence-corrected chi connectivity index (χ1v) is 10.9. The third kappa shape index (κ3) is 3.58. The van der Waals surface area contributed by atoms with Crippen molar-refractivity contribution in [2.24, 2.45) is 0 Å². The SMILES string of the molecule is CC1(C)OB(c2cccc(-c3cc(-c4ccccc4)c4ccccc4c3)c2)OC1(C)C. The Morgan fingerprint density at radius 1 is 0.581 bits per heavy atom. The van der Waals surface area contributed by atoms with Crippen LogP contribution in [0.5, 0.6) is 0 Å². The van der Waals surface area contributed by atoms with Gasteiger partial charge in [0.2, 0.25) is 0 Å². The summed E-state index contributed by atoms with van der Waals surface area (Å²) in [4.78, 5) is 0. The molecule has 0 saturated carbocycles. The molecule has 0 amide bonds. The van der Waals surface area contributed by atoms with Crippen LogP contribution in [0.4, 0.5) is 0 Å². The van der Waals surface area contributed by atoms with Gasteiger partial charge in [0.05, 0.1) is 11.2 Å². The largest absolute Gasteiger partial charge is 0.494 e. The molecule has 0 unspecified atom stereocenters. The summed E-state index contributed by atoms with van der Waals surface area (Å²) in [5, 5.41) is 2.50. The highest BCUT2D eigenvalue weighted by Gasteiger charge is 2.51. The van der Waals surface area contributed by atoms with E-state index in [1.807, 2.05) is 0 Å². The lowest BCUT2D eigenvalue weighted by Crippen LogP contribution is -2.41. The van der Waals surface area contributed by atoms with Crippen LogP contribution < -0.4 is 5.46 Å². The topological polar surface area (TPSA) is 18.5 Å². The van der Waals surface area contributed by atoms with Gasteiger partial charge in [0.1, 0.15) is 0 Å². The molecule has 31 heavy (non-hydrogen) atoms. The lowest BCUT2D eigenvalue weighted by molar-refractivity contribution is 0.00578. The van der Waals surface area contributed by atoms with E-state index in [4.69, 9.17) is 9.31 Å². The van der Waals surface area contributed by atoms with Crippen LogP contribution in [-0.2, 0) is 9.31 Å². The molecule has 3 heteroatoms. The first-order chi connectivity index (χ1) is 14.8. The number of rotatable bonds is 3. The summed E-state index contributed by atoms with van der Waals surface area (Å²) in [6.45, 7) is 8.36. The first kappa shape index (κ1) is 20.1. The van der Waals surface area contributed by atoms with Gasteiger partial charge in [-0.25, -0.2) is 0 Å². The molecule has 1 aliphatic rings. The predicted octanol–water partition coefficient (Wildman–Crippen LogP) is 6.47. The maximum Gasteiger partial charge on any atom is 0.494 e. The molecule has 0 atom stereocenters. The minimum Gasteiger partial charge on any atom is -0.399 e. The molecule has 0 spiro atoms. The van der Waals surface area contributed by atoms with E-state index < -0.39 is 0 Å². The van der Waals surface area contributed by atoms with Crippen LogP contribution in [0.1, 0.15) is 27.7 Å². The van der Waals surface area contributed by atoms with Crippen molar-refractivity contribution in [3.8, 4) is 22.3 Å². The molecule has 2 nitrogen and oxygen atoms in total. The Kier molecular flexibility index (Phi) is 4.77. The van der Waals surface area contributed by atoms with E-state index in [0.29, 0.717) is 0 Å². The van der Waals surface area contributed by atoms with Gasteiger partial charge in [-0.2, -0.15) is 0 Å². The van der Waals surface area contributed by atoms with Crippen LogP contribution in [0.2, 0.25) is 0 Å². The van der Waals surface area contributed by atoms with E-state index in [0.717, 1.165) is 11.0 Å². The molecule has 1 saturated heterocycles. The van der Waals surface area contributed by atoms with E-state index in [9.17, 15) is 0 Å². The molecule has 1 fully saturated rings. The Hall–Kier alpha value is -2.88. The molecule has 4 aromatic rings. The van der Waals surface area contributed by atoms with E-state index in [1.165, 1.54) is 27.5 Å². The number of fused-ring (bicyclic) bond motifs is 1. The number of benzene rings is 4. The van der Waals surface area contributed by atoms with E-state index in [1.54, 1.807) is 0 Å². The smallest absolute Gasteiger partial charge is 0.399 e. The Bertz CT molecular complexity index is 1230. The number of hydrogen-bond acceptors (Lipinski definition) is 2. The van der Waals surface area contributed by atoms with Gasteiger partial charge in [-0.05, 0) is 78.3 Å². The van der Waals surface area contributed by atoms with Gasteiger partial charge in [-0.1, -0.05) is 78.9 Å². The zero-order valence-corrected chi connectivity index (χ0v) is 18.6. The second-order valence-corrected chi connectivity index (χ2v) is 9.32. The molecule has 1 heterocycles. The molecular weight excluding hydrogens is 379 g/mol. The first-order valence-electron chi connectivity index (χ1n) is 10.9. The molecule has 0 radical (unpaired) electrons. The fourth-order valence-corrected chi connectivity index (χ4v) is 4.18. The fourth-order valence-electron chi connectivity index (χ4n) is 4.18. The van der Waals surface area contributed by atoms with Crippen molar-refractivity contribution in [2.75, 3.05) is 0 Å². The Labute approximate surface area is 185 Å². The van der Waals surface area contributed by atoms with Gasteiger partial charge in [-0.15, -0.1) is 0 Å². The zero-order valence-electron chi connectivity index (χ0n) is 18.6. The van der Waals surface area contributed by atoms with Crippen molar-refractivity contribution in [1.29, 1.82) is 0 Å². The van der Waals surface area contributed by atoms with Crippen molar-refractivity contribution in [3.63, 3.8) is 0 Å². The van der Waals surface area contributed by atoms with Crippen LogP contribution in [-0.4, -0.2) is 18.3 Å². The van der Waals surface area contributed by atoms with Crippen LogP contribution in [0, 0.1) is 0 Å². The van der Waals surface area contributed by atoms with Gasteiger partial charge in [0.25, 0.3) is 0 Å². The van der Waals surface area contributed by atoms with Crippen LogP contribution >= 0.6 is 0 Å². The lowest BCUT2D eigenvalue weighted by atomic mass is 9.78. The standard InChI is InChI=1S/C28H27BO2/c1-27(2)28(3,4)31-29(30-27)24-15-10-14-21(18-24)23-17-22-13-8-9-16-25(22)26(19-23)20-11-6-5-7-12-20/h5-19H,1-4H3. The van der Waals surface area contributed by atoms with Crippen LogP contribution in [0.15, 0.2) is 91.0 Å². The number of hydrogen-bond donors (Lipinski definition) is 0. The molecule has 0 N–H and O–H groups in total. The fraction of sp³-hybridized carbons (Fsp3) is 0.214.